The number of benzene rings is 2. The van der Waals surface area contributed by atoms with Gasteiger partial charge in [-0.25, -0.2) is 4.98 Å². The van der Waals surface area contributed by atoms with Crippen molar-refractivity contribution in [2.45, 2.75) is 13.8 Å². The van der Waals surface area contributed by atoms with Gasteiger partial charge < -0.3 is 9.80 Å². The minimum Gasteiger partial charge on any atom is -0.345 e. The number of amides is 1. The topological polar surface area (TPSA) is 36.4 Å². The van der Waals surface area contributed by atoms with Crippen LogP contribution >= 0.6 is 34.5 Å². The van der Waals surface area contributed by atoms with Crippen LogP contribution in [0.3, 0.4) is 0 Å². The normalized spacial score (nSPS) is 14.8. The molecule has 0 spiro atoms. The molecule has 0 unspecified atom stereocenters. The number of carbonyl (C=O) groups is 1. The lowest BCUT2D eigenvalue weighted by molar-refractivity contribution is 0.0747. The van der Waals surface area contributed by atoms with Crippen LogP contribution in [0.25, 0.3) is 10.2 Å². The number of hydrogen-bond acceptors (Lipinski definition) is 4. The molecule has 0 saturated carbocycles. The summed E-state index contributed by atoms with van der Waals surface area (Å²) in [5, 5.41) is 1.95. The zero-order valence-corrected chi connectivity index (χ0v) is 17.5. The minimum absolute atomic E-state index is 0.0490. The fraction of sp³-hybridized carbons (Fsp3) is 0.300. The molecule has 1 aliphatic heterocycles. The van der Waals surface area contributed by atoms with Gasteiger partial charge in [0.05, 0.1) is 20.8 Å². The molecule has 3 aromatic rings. The number of rotatable bonds is 2. The number of thiazole rings is 1. The molecular weight excluding hydrogens is 401 g/mol. The van der Waals surface area contributed by atoms with E-state index < -0.39 is 0 Å². The lowest BCUT2D eigenvalue weighted by atomic mass is 10.1. The molecule has 2 aromatic carbocycles. The van der Waals surface area contributed by atoms with Crippen LogP contribution in [-0.2, 0) is 0 Å². The van der Waals surface area contributed by atoms with Crippen LogP contribution in [0.5, 0.6) is 0 Å². The number of carbonyl (C=O) groups excluding carboxylic acids is 1. The summed E-state index contributed by atoms with van der Waals surface area (Å²) in [4.78, 5) is 21.7. The maximum atomic E-state index is 12.8. The Morgan fingerprint density at radius 1 is 1.07 bits per heavy atom. The van der Waals surface area contributed by atoms with Crippen molar-refractivity contribution in [2.24, 2.45) is 0 Å². The molecule has 4 rings (SSSR count). The maximum absolute atomic E-state index is 12.8. The fourth-order valence-electron chi connectivity index (χ4n) is 3.43. The number of aryl methyl sites for hydroxylation is 2. The van der Waals surface area contributed by atoms with Gasteiger partial charge >= 0.3 is 0 Å². The first-order valence-electron chi connectivity index (χ1n) is 8.79. The van der Waals surface area contributed by atoms with E-state index in [1.165, 1.54) is 15.8 Å². The lowest BCUT2D eigenvalue weighted by Crippen LogP contribution is -2.48. The third kappa shape index (κ3) is 3.64. The Balaban J connectivity index is 1.49. The van der Waals surface area contributed by atoms with Crippen LogP contribution in [-0.4, -0.2) is 42.0 Å². The number of hydrogen-bond donors (Lipinski definition) is 0. The van der Waals surface area contributed by atoms with E-state index in [9.17, 15) is 4.79 Å². The van der Waals surface area contributed by atoms with Crippen molar-refractivity contribution < 1.29 is 4.79 Å². The Kier molecular flexibility index (Phi) is 5.01. The Labute approximate surface area is 172 Å². The molecule has 0 radical (unpaired) electrons. The Morgan fingerprint density at radius 3 is 2.52 bits per heavy atom. The SMILES string of the molecule is Cc1cc(C)c2nc(N3CCN(C(=O)c4ccc(Cl)cc4Cl)CC3)sc2c1. The molecule has 2 heterocycles. The number of piperazine rings is 1. The van der Waals surface area contributed by atoms with Crippen LogP contribution in [0, 0.1) is 13.8 Å². The molecule has 1 fully saturated rings. The van der Waals surface area contributed by atoms with Crippen LogP contribution in [0.4, 0.5) is 5.13 Å². The second-order valence-electron chi connectivity index (χ2n) is 6.83. The second kappa shape index (κ2) is 7.30. The molecule has 0 N–H and O–H groups in total. The highest BCUT2D eigenvalue weighted by Crippen LogP contribution is 2.32. The largest absolute Gasteiger partial charge is 0.345 e. The smallest absolute Gasteiger partial charge is 0.255 e. The Morgan fingerprint density at radius 2 is 1.81 bits per heavy atom. The molecule has 7 heteroatoms. The lowest BCUT2D eigenvalue weighted by Gasteiger charge is -2.34. The van der Waals surface area contributed by atoms with Crippen molar-refractivity contribution in [3.8, 4) is 0 Å². The van der Waals surface area contributed by atoms with Gasteiger partial charge in [0.1, 0.15) is 0 Å². The fourth-order valence-corrected chi connectivity index (χ4v) is 5.11. The van der Waals surface area contributed by atoms with Gasteiger partial charge in [0.25, 0.3) is 5.91 Å². The van der Waals surface area contributed by atoms with Gasteiger partial charge in [0, 0.05) is 31.2 Å². The first-order valence-corrected chi connectivity index (χ1v) is 10.4. The highest BCUT2D eigenvalue weighted by Gasteiger charge is 2.25. The van der Waals surface area contributed by atoms with E-state index in [4.69, 9.17) is 28.2 Å². The predicted molar refractivity (Wildman–Crippen MR) is 114 cm³/mol. The summed E-state index contributed by atoms with van der Waals surface area (Å²) in [6.45, 7) is 7.02. The predicted octanol–water partition coefficient (Wildman–Crippen LogP) is 5.18. The molecule has 0 atom stereocenters. The Hall–Kier alpha value is -1.82. The van der Waals surface area contributed by atoms with E-state index in [1.54, 1.807) is 29.5 Å². The van der Waals surface area contributed by atoms with E-state index >= 15 is 0 Å². The molecule has 1 amide bonds. The van der Waals surface area contributed by atoms with Crippen LogP contribution < -0.4 is 4.90 Å². The van der Waals surface area contributed by atoms with E-state index in [2.05, 4.69) is 30.9 Å². The van der Waals surface area contributed by atoms with Gasteiger partial charge in [-0.05, 0) is 49.2 Å². The van der Waals surface area contributed by atoms with Crippen LogP contribution in [0.2, 0.25) is 10.0 Å². The molecular formula is C20H19Cl2N3OS. The molecule has 1 aliphatic rings. The van der Waals surface area contributed by atoms with Crippen molar-refractivity contribution in [1.82, 2.24) is 9.88 Å². The van der Waals surface area contributed by atoms with Crippen molar-refractivity contribution in [3.05, 3.63) is 57.1 Å². The van der Waals surface area contributed by atoms with E-state index in [1.807, 2.05) is 4.90 Å². The summed E-state index contributed by atoms with van der Waals surface area (Å²) in [7, 11) is 0. The summed E-state index contributed by atoms with van der Waals surface area (Å²) in [6.07, 6.45) is 0. The van der Waals surface area contributed by atoms with Gasteiger partial charge in [-0.3, -0.25) is 4.79 Å². The van der Waals surface area contributed by atoms with Crippen molar-refractivity contribution in [2.75, 3.05) is 31.1 Å². The van der Waals surface area contributed by atoms with Gasteiger partial charge in [-0.15, -0.1) is 0 Å². The van der Waals surface area contributed by atoms with Gasteiger partial charge in [-0.2, -0.15) is 0 Å². The molecule has 140 valence electrons. The molecule has 27 heavy (non-hydrogen) atoms. The zero-order valence-electron chi connectivity index (χ0n) is 15.1. The third-order valence-corrected chi connectivity index (χ3v) is 6.43. The molecule has 0 bridgehead atoms. The average Bonchev–Trinajstić information content (AvgIpc) is 3.06. The summed E-state index contributed by atoms with van der Waals surface area (Å²) >= 11 is 13.8. The van der Waals surface area contributed by atoms with Crippen LogP contribution in [0.15, 0.2) is 30.3 Å². The molecule has 1 aromatic heterocycles. The van der Waals surface area contributed by atoms with E-state index in [-0.39, 0.29) is 5.91 Å². The van der Waals surface area contributed by atoms with Crippen molar-refractivity contribution in [1.29, 1.82) is 0 Å². The quantitative estimate of drug-likeness (QED) is 0.573. The standard InChI is InChI=1S/C20H19Cl2N3OS/c1-12-9-13(2)18-17(10-12)27-20(23-18)25-7-5-24(6-8-25)19(26)15-4-3-14(21)11-16(15)22/h3-4,9-11H,5-8H2,1-2H3. The first kappa shape index (κ1) is 18.5. The molecule has 4 nitrogen and oxygen atoms in total. The monoisotopic (exact) mass is 419 g/mol. The first-order chi connectivity index (χ1) is 12.9. The highest BCUT2D eigenvalue weighted by atomic mass is 35.5. The number of fused-ring (bicyclic) bond motifs is 1. The van der Waals surface area contributed by atoms with Gasteiger partial charge in [0.2, 0.25) is 0 Å². The average molecular weight is 420 g/mol. The number of aromatic nitrogens is 1. The zero-order chi connectivity index (χ0) is 19.1. The Bertz CT molecular complexity index is 1030. The summed E-state index contributed by atoms with van der Waals surface area (Å²) in [5.41, 5.74) is 4.04. The molecule has 1 saturated heterocycles. The maximum Gasteiger partial charge on any atom is 0.255 e. The number of nitrogens with zero attached hydrogens (tertiary/aromatic N) is 3. The van der Waals surface area contributed by atoms with Gasteiger partial charge in [0.15, 0.2) is 5.13 Å². The van der Waals surface area contributed by atoms with Gasteiger partial charge in [-0.1, -0.05) is 40.6 Å². The number of halogens is 2. The molecule has 0 aliphatic carbocycles. The summed E-state index contributed by atoms with van der Waals surface area (Å²) in [6, 6.07) is 9.35. The van der Waals surface area contributed by atoms with Crippen LogP contribution in [0.1, 0.15) is 21.5 Å². The van der Waals surface area contributed by atoms with Crippen molar-refractivity contribution in [3.63, 3.8) is 0 Å². The summed E-state index contributed by atoms with van der Waals surface area (Å²) < 4.78 is 1.22. The number of anilines is 1. The second-order valence-corrected chi connectivity index (χ2v) is 8.68. The third-order valence-electron chi connectivity index (χ3n) is 4.82. The minimum atomic E-state index is -0.0490. The van der Waals surface area contributed by atoms with E-state index in [0.29, 0.717) is 28.7 Å². The highest BCUT2D eigenvalue weighted by molar-refractivity contribution is 7.22. The van der Waals surface area contributed by atoms with E-state index in [0.717, 1.165) is 23.7 Å². The van der Waals surface area contributed by atoms with Crippen molar-refractivity contribution >= 4 is 55.8 Å². The summed E-state index contributed by atoms with van der Waals surface area (Å²) in [5.74, 6) is -0.0490.